The van der Waals surface area contributed by atoms with Gasteiger partial charge in [0.2, 0.25) is 0 Å². The standard InChI is InChI=1S/C29H50O4/c1-3-4-5-6-7-10-13-16-26(17-14-11-8-9-12-15-18-29(30)31)23-24-33-25-27-19-21-28(32-2)22-20-27/h19-22,26H,3-18,23-25H2,1-2H3,(H,30,31). The van der Waals surface area contributed by atoms with Crippen molar-refractivity contribution in [3.63, 3.8) is 0 Å². The maximum absolute atomic E-state index is 10.6. The highest BCUT2D eigenvalue weighted by Gasteiger charge is 2.09. The SMILES string of the molecule is CCCCCCCCCC(CCCCCCCCC(=O)O)CCOCc1ccc(OC)cc1. The molecule has 0 saturated heterocycles. The van der Waals surface area contributed by atoms with Crippen molar-refractivity contribution in [2.75, 3.05) is 13.7 Å². The number of carboxylic acid groups (broad SMARTS) is 1. The lowest BCUT2D eigenvalue weighted by atomic mass is 9.91. The molecule has 0 aliphatic heterocycles. The van der Waals surface area contributed by atoms with Crippen molar-refractivity contribution < 1.29 is 19.4 Å². The minimum Gasteiger partial charge on any atom is -0.497 e. The molecular weight excluding hydrogens is 412 g/mol. The number of carbonyl (C=O) groups is 1. The summed E-state index contributed by atoms with van der Waals surface area (Å²) in [6, 6.07) is 8.13. The van der Waals surface area contributed by atoms with Gasteiger partial charge in [-0.3, -0.25) is 4.79 Å². The molecule has 0 fully saturated rings. The summed E-state index contributed by atoms with van der Waals surface area (Å²) in [5.74, 6) is 0.983. The summed E-state index contributed by atoms with van der Waals surface area (Å²) in [7, 11) is 1.69. The molecule has 0 spiro atoms. The number of carboxylic acids is 1. The smallest absolute Gasteiger partial charge is 0.303 e. The summed E-state index contributed by atoms with van der Waals surface area (Å²) in [6.07, 6.45) is 20.5. The number of unbranched alkanes of at least 4 members (excludes halogenated alkanes) is 11. The molecule has 4 heteroatoms. The van der Waals surface area contributed by atoms with E-state index < -0.39 is 5.97 Å². The second kappa shape index (κ2) is 21.0. The number of hydrogen-bond donors (Lipinski definition) is 1. The molecule has 0 bridgehead atoms. The van der Waals surface area contributed by atoms with E-state index in [-0.39, 0.29) is 0 Å². The van der Waals surface area contributed by atoms with Crippen LogP contribution < -0.4 is 4.74 Å². The fourth-order valence-corrected chi connectivity index (χ4v) is 4.40. The van der Waals surface area contributed by atoms with E-state index >= 15 is 0 Å². The van der Waals surface area contributed by atoms with E-state index in [1.165, 1.54) is 89.0 Å². The average Bonchev–Trinajstić information content (AvgIpc) is 2.82. The zero-order chi connectivity index (χ0) is 24.0. The molecule has 1 aromatic rings. The fraction of sp³-hybridized carbons (Fsp3) is 0.759. The van der Waals surface area contributed by atoms with E-state index in [0.717, 1.165) is 37.5 Å². The van der Waals surface area contributed by atoms with Crippen molar-refractivity contribution >= 4 is 5.97 Å². The molecule has 1 unspecified atom stereocenters. The average molecular weight is 463 g/mol. The van der Waals surface area contributed by atoms with Crippen LogP contribution in [-0.4, -0.2) is 24.8 Å². The molecule has 0 aromatic heterocycles. The van der Waals surface area contributed by atoms with Gasteiger partial charge in [-0.25, -0.2) is 0 Å². The summed E-state index contributed by atoms with van der Waals surface area (Å²) in [4.78, 5) is 10.6. The van der Waals surface area contributed by atoms with Crippen LogP contribution in [0.2, 0.25) is 0 Å². The van der Waals surface area contributed by atoms with Crippen LogP contribution in [0.5, 0.6) is 5.75 Å². The first-order valence-electron chi connectivity index (χ1n) is 13.6. The highest BCUT2D eigenvalue weighted by molar-refractivity contribution is 5.66. The van der Waals surface area contributed by atoms with E-state index in [9.17, 15) is 4.79 Å². The highest BCUT2D eigenvalue weighted by Crippen LogP contribution is 2.23. The Bertz CT molecular complexity index is 569. The number of methoxy groups -OCH3 is 1. The van der Waals surface area contributed by atoms with Crippen LogP contribution in [-0.2, 0) is 16.1 Å². The molecule has 33 heavy (non-hydrogen) atoms. The van der Waals surface area contributed by atoms with Crippen molar-refractivity contribution in [2.24, 2.45) is 5.92 Å². The van der Waals surface area contributed by atoms with Crippen LogP contribution in [0.3, 0.4) is 0 Å². The van der Waals surface area contributed by atoms with Crippen LogP contribution in [0.15, 0.2) is 24.3 Å². The second-order valence-corrected chi connectivity index (χ2v) is 9.52. The Morgan fingerprint density at radius 3 is 1.88 bits per heavy atom. The number of rotatable bonds is 23. The van der Waals surface area contributed by atoms with Crippen molar-refractivity contribution in [1.29, 1.82) is 0 Å². The van der Waals surface area contributed by atoms with Crippen LogP contribution in [0.1, 0.15) is 122 Å². The van der Waals surface area contributed by atoms with Gasteiger partial charge < -0.3 is 14.6 Å². The van der Waals surface area contributed by atoms with Gasteiger partial charge in [0.05, 0.1) is 13.7 Å². The van der Waals surface area contributed by atoms with Gasteiger partial charge >= 0.3 is 5.97 Å². The maximum Gasteiger partial charge on any atom is 0.303 e. The zero-order valence-corrected chi connectivity index (χ0v) is 21.5. The van der Waals surface area contributed by atoms with Crippen molar-refractivity contribution in [2.45, 2.75) is 123 Å². The summed E-state index contributed by atoms with van der Waals surface area (Å²) in [5.41, 5.74) is 1.20. The Morgan fingerprint density at radius 1 is 0.788 bits per heavy atom. The third-order valence-electron chi connectivity index (χ3n) is 6.57. The maximum atomic E-state index is 10.6. The number of aliphatic carboxylic acids is 1. The first-order valence-corrected chi connectivity index (χ1v) is 13.6. The molecule has 1 aromatic carbocycles. The van der Waals surface area contributed by atoms with Gasteiger partial charge in [-0.15, -0.1) is 0 Å². The van der Waals surface area contributed by atoms with Crippen molar-refractivity contribution in [3.05, 3.63) is 29.8 Å². The molecule has 1 N–H and O–H groups in total. The van der Waals surface area contributed by atoms with Gasteiger partial charge in [-0.2, -0.15) is 0 Å². The van der Waals surface area contributed by atoms with E-state index in [2.05, 4.69) is 19.1 Å². The molecule has 190 valence electrons. The summed E-state index contributed by atoms with van der Waals surface area (Å²) >= 11 is 0. The molecular formula is C29H50O4. The largest absolute Gasteiger partial charge is 0.497 e. The second-order valence-electron chi connectivity index (χ2n) is 9.52. The van der Waals surface area contributed by atoms with E-state index in [1.807, 2.05) is 12.1 Å². The Balaban J connectivity index is 2.22. The molecule has 0 saturated carbocycles. The lowest BCUT2D eigenvalue weighted by Gasteiger charge is -2.17. The van der Waals surface area contributed by atoms with Gasteiger partial charge in [-0.1, -0.05) is 109 Å². The monoisotopic (exact) mass is 462 g/mol. The first kappa shape index (κ1) is 29.5. The third kappa shape index (κ3) is 17.6. The third-order valence-corrected chi connectivity index (χ3v) is 6.57. The fourth-order valence-electron chi connectivity index (χ4n) is 4.40. The van der Waals surface area contributed by atoms with E-state index in [4.69, 9.17) is 14.6 Å². The molecule has 4 nitrogen and oxygen atoms in total. The molecule has 1 atom stereocenters. The van der Waals surface area contributed by atoms with Crippen molar-refractivity contribution in [3.8, 4) is 5.75 Å². The lowest BCUT2D eigenvalue weighted by Crippen LogP contribution is -2.06. The predicted octanol–water partition coefficient (Wildman–Crippen LogP) is 8.56. The van der Waals surface area contributed by atoms with Crippen LogP contribution in [0.25, 0.3) is 0 Å². The van der Waals surface area contributed by atoms with Gasteiger partial charge in [-0.05, 0) is 36.5 Å². The Morgan fingerprint density at radius 2 is 1.33 bits per heavy atom. The van der Waals surface area contributed by atoms with Gasteiger partial charge in [0.1, 0.15) is 5.75 Å². The van der Waals surface area contributed by atoms with Gasteiger partial charge in [0, 0.05) is 13.0 Å². The number of hydrogen-bond acceptors (Lipinski definition) is 3. The number of benzene rings is 1. The molecule has 0 radical (unpaired) electrons. The topological polar surface area (TPSA) is 55.8 Å². The van der Waals surface area contributed by atoms with Crippen LogP contribution in [0, 0.1) is 5.92 Å². The molecule has 0 aliphatic carbocycles. The van der Waals surface area contributed by atoms with E-state index in [1.54, 1.807) is 7.11 Å². The van der Waals surface area contributed by atoms with Crippen molar-refractivity contribution in [1.82, 2.24) is 0 Å². The predicted molar refractivity (Wildman–Crippen MR) is 138 cm³/mol. The summed E-state index contributed by atoms with van der Waals surface area (Å²) in [5, 5.41) is 8.72. The minimum atomic E-state index is -0.669. The van der Waals surface area contributed by atoms with Gasteiger partial charge in [0.15, 0.2) is 0 Å². The Kier molecular flexibility index (Phi) is 18.8. The summed E-state index contributed by atoms with van der Waals surface area (Å²) in [6.45, 7) is 3.78. The quantitative estimate of drug-likeness (QED) is 0.165. The lowest BCUT2D eigenvalue weighted by molar-refractivity contribution is -0.137. The number of ether oxygens (including phenoxy) is 2. The molecule has 1 rings (SSSR count). The van der Waals surface area contributed by atoms with Crippen LogP contribution >= 0.6 is 0 Å². The minimum absolute atomic E-state index is 0.317. The summed E-state index contributed by atoms with van der Waals surface area (Å²) < 4.78 is 11.2. The van der Waals surface area contributed by atoms with E-state index in [0.29, 0.717) is 13.0 Å². The van der Waals surface area contributed by atoms with Gasteiger partial charge in [0.25, 0.3) is 0 Å². The molecule has 0 aliphatic rings. The highest BCUT2D eigenvalue weighted by atomic mass is 16.5. The Hall–Kier alpha value is -1.55. The normalized spacial score (nSPS) is 12.1. The first-order chi connectivity index (χ1) is 16.2. The van der Waals surface area contributed by atoms with Crippen LogP contribution in [0.4, 0.5) is 0 Å². The zero-order valence-electron chi connectivity index (χ0n) is 21.5. The molecule has 0 amide bonds. The Labute approximate surface area is 203 Å². The molecule has 0 heterocycles.